The molecule has 0 aliphatic heterocycles. The van der Waals surface area contributed by atoms with E-state index < -0.39 is 0 Å². The minimum Gasteiger partial charge on any atom is -0.462 e. The molecule has 0 radical (unpaired) electrons. The number of aromatic nitrogens is 2. The van der Waals surface area contributed by atoms with Crippen molar-refractivity contribution in [2.24, 2.45) is 0 Å². The van der Waals surface area contributed by atoms with Crippen molar-refractivity contribution in [2.75, 3.05) is 33.0 Å². The van der Waals surface area contributed by atoms with Gasteiger partial charge in [-0.25, -0.2) is 4.79 Å². The highest BCUT2D eigenvalue weighted by Gasteiger charge is 2.09. The van der Waals surface area contributed by atoms with Crippen LogP contribution in [0.5, 0.6) is 0 Å². The third-order valence-electron chi connectivity index (χ3n) is 3.36. The van der Waals surface area contributed by atoms with E-state index in [1.807, 2.05) is 0 Å². The van der Waals surface area contributed by atoms with Crippen molar-refractivity contribution in [2.45, 2.75) is 52.5 Å². The molecular weight excluding hydrogens is 320 g/mol. The Bertz CT molecular complexity index is 531. The lowest BCUT2D eigenvalue weighted by Gasteiger charge is -2.04. The molecular formula is C19H30N2O4. The number of ether oxygens (including phenoxy) is 3. The maximum atomic E-state index is 11.8. The molecule has 0 bridgehead atoms. The molecule has 0 N–H and O–H groups in total. The predicted octanol–water partition coefficient (Wildman–Crippen LogP) is 3.07. The van der Waals surface area contributed by atoms with Crippen LogP contribution in [0.2, 0.25) is 0 Å². The van der Waals surface area contributed by atoms with Crippen LogP contribution in [0, 0.1) is 11.8 Å². The van der Waals surface area contributed by atoms with E-state index in [0.29, 0.717) is 45.1 Å². The monoisotopic (exact) mass is 350 g/mol. The first-order valence-corrected chi connectivity index (χ1v) is 9.08. The van der Waals surface area contributed by atoms with Crippen LogP contribution in [-0.4, -0.2) is 48.8 Å². The van der Waals surface area contributed by atoms with E-state index >= 15 is 0 Å². The molecule has 1 aromatic rings. The average molecular weight is 350 g/mol. The number of unbranched alkanes of at least 4 members (excludes halogenated alkanes) is 3. The molecule has 0 aliphatic rings. The molecule has 140 valence electrons. The van der Waals surface area contributed by atoms with Crippen LogP contribution in [0.3, 0.4) is 0 Å². The lowest BCUT2D eigenvalue weighted by atomic mass is 10.3. The highest BCUT2D eigenvalue weighted by atomic mass is 16.5. The van der Waals surface area contributed by atoms with Crippen LogP contribution in [0.4, 0.5) is 0 Å². The summed E-state index contributed by atoms with van der Waals surface area (Å²) in [5.74, 6) is 5.66. The Balaban J connectivity index is 2.07. The number of hydrogen-bond acceptors (Lipinski definition) is 5. The van der Waals surface area contributed by atoms with Gasteiger partial charge in [-0.15, -0.1) is 5.92 Å². The fourth-order valence-electron chi connectivity index (χ4n) is 1.96. The van der Waals surface area contributed by atoms with Crippen LogP contribution in [0.15, 0.2) is 12.4 Å². The lowest BCUT2D eigenvalue weighted by molar-refractivity contribution is 0.0497. The molecule has 1 rings (SSSR count). The van der Waals surface area contributed by atoms with E-state index in [1.165, 1.54) is 6.20 Å². The number of carbonyl (C=O) groups is 1. The van der Waals surface area contributed by atoms with Crippen molar-refractivity contribution in [3.63, 3.8) is 0 Å². The van der Waals surface area contributed by atoms with E-state index in [9.17, 15) is 4.79 Å². The Kier molecular flexibility index (Phi) is 12.3. The van der Waals surface area contributed by atoms with Gasteiger partial charge in [-0.1, -0.05) is 32.6 Å². The number of hydrogen-bond donors (Lipinski definition) is 0. The van der Waals surface area contributed by atoms with Crippen molar-refractivity contribution in [1.29, 1.82) is 0 Å². The smallest absolute Gasteiger partial charge is 0.341 e. The first-order chi connectivity index (χ1) is 12.3. The topological polar surface area (TPSA) is 62.6 Å². The Hall–Kier alpha value is -1.84. The van der Waals surface area contributed by atoms with Crippen molar-refractivity contribution in [3.05, 3.63) is 18.0 Å². The quantitative estimate of drug-likeness (QED) is 0.311. The number of rotatable bonds is 13. The number of nitrogens with zero attached hydrogens (tertiary/aromatic N) is 2. The molecule has 0 atom stereocenters. The van der Waals surface area contributed by atoms with E-state index in [1.54, 1.807) is 10.9 Å². The fraction of sp³-hybridized carbons (Fsp3) is 0.684. The predicted molar refractivity (Wildman–Crippen MR) is 96.4 cm³/mol. The lowest BCUT2D eigenvalue weighted by Crippen LogP contribution is -2.10. The van der Waals surface area contributed by atoms with Gasteiger partial charge in [-0.3, -0.25) is 4.68 Å². The van der Waals surface area contributed by atoms with Gasteiger partial charge in [0.25, 0.3) is 0 Å². The average Bonchev–Trinajstić information content (AvgIpc) is 3.09. The van der Waals surface area contributed by atoms with E-state index in [2.05, 4.69) is 30.8 Å². The molecule has 25 heavy (non-hydrogen) atoms. The SMILES string of the molecule is CCCC#CCOCCOCCn1cc(C(=O)OCCCCC)cn1. The minimum absolute atomic E-state index is 0.319. The van der Waals surface area contributed by atoms with Crippen molar-refractivity contribution >= 4 is 5.97 Å². The third-order valence-corrected chi connectivity index (χ3v) is 3.36. The van der Waals surface area contributed by atoms with Gasteiger partial charge < -0.3 is 14.2 Å². The number of carbonyl (C=O) groups excluding carboxylic acids is 1. The van der Waals surface area contributed by atoms with Gasteiger partial charge in [-0.2, -0.15) is 5.10 Å². The zero-order valence-corrected chi connectivity index (χ0v) is 15.5. The molecule has 0 spiro atoms. The first kappa shape index (κ1) is 21.2. The van der Waals surface area contributed by atoms with Crippen molar-refractivity contribution < 1.29 is 19.0 Å². The standard InChI is InChI=1S/C19H30N2O4/c1-3-5-7-9-11-23-14-15-24-13-10-21-17-18(16-20-21)19(22)25-12-8-6-4-2/h16-17H,3-6,8,10-15H2,1-2H3. The largest absolute Gasteiger partial charge is 0.462 e. The van der Waals surface area contributed by atoms with Gasteiger partial charge >= 0.3 is 5.97 Å². The molecule has 0 aliphatic carbocycles. The zero-order chi connectivity index (χ0) is 18.2. The van der Waals surface area contributed by atoms with Gasteiger partial charge in [0.2, 0.25) is 0 Å². The summed E-state index contributed by atoms with van der Waals surface area (Å²) in [6.45, 7) is 7.26. The molecule has 0 fully saturated rings. The Labute approximate surface area is 150 Å². The Morgan fingerprint density at radius 2 is 1.92 bits per heavy atom. The molecule has 0 unspecified atom stereocenters. The summed E-state index contributed by atoms with van der Waals surface area (Å²) in [6, 6.07) is 0. The van der Waals surface area contributed by atoms with Crippen molar-refractivity contribution in [1.82, 2.24) is 9.78 Å². The molecule has 1 heterocycles. The van der Waals surface area contributed by atoms with Crippen LogP contribution < -0.4 is 0 Å². The zero-order valence-electron chi connectivity index (χ0n) is 15.5. The third kappa shape index (κ3) is 10.6. The highest BCUT2D eigenvalue weighted by Crippen LogP contribution is 2.03. The van der Waals surface area contributed by atoms with E-state index in [0.717, 1.165) is 32.1 Å². The maximum absolute atomic E-state index is 11.8. The van der Waals surface area contributed by atoms with Gasteiger partial charge in [0, 0.05) is 12.6 Å². The maximum Gasteiger partial charge on any atom is 0.341 e. The van der Waals surface area contributed by atoms with Crippen LogP contribution in [-0.2, 0) is 20.8 Å². The molecule has 0 saturated carbocycles. The summed E-state index contributed by atoms with van der Waals surface area (Å²) in [5.41, 5.74) is 0.477. The number of esters is 1. The summed E-state index contributed by atoms with van der Waals surface area (Å²) < 4.78 is 17.7. The second kappa shape index (κ2) is 14.5. The fourth-order valence-corrected chi connectivity index (χ4v) is 1.96. The molecule has 6 nitrogen and oxygen atoms in total. The normalized spacial score (nSPS) is 10.3. The minimum atomic E-state index is -0.319. The Morgan fingerprint density at radius 1 is 1.08 bits per heavy atom. The van der Waals surface area contributed by atoms with Crippen molar-refractivity contribution in [3.8, 4) is 11.8 Å². The molecule has 0 aromatic carbocycles. The summed E-state index contributed by atoms with van der Waals surface area (Å²) >= 11 is 0. The first-order valence-electron chi connectivity index (χ1n) is 9.08. The summed E-state index contributed by atoms with van der Waals surface area (Å²) in [5, 5.41) is 4.14. The van der Waals surface area contributed by atoms with Crippen LogP contribution in [0.1, 0.15) is 56.3 Å². The summed E-state index contributed by atoms with van der Waals surface area (Å²) in [7, 11) is 0. The van der Waals surface area contributed by atoms with Gasteiger partial charge in [-0.05, 0) is 12.8 Å². The van der Waals surface area contributed by atoms with E-state index in [4.69, 9.17) is 14.2 Å². The van der Waals surface area contributed by atoms with Crippen LogP contribution >= 0.6 is 0 Å². The molecule has 0 saturated heterocycles. The second-order valence-corrected chi connectivity index (χ2v) is 5.60. The summed E-state index contributed by atoms with van der Waals surface area (Å²) in [6.07, 6.45) is 8.27. The second-order valence-electron chi connectivity index (χ2n) is 5.60. The highest BCUT2D eigenvalue weighted by molar-refractivity contribution is 5.88. The van der Waals surface area contributed by atoms with Crippen LogP contribution in [0.25, 0.3) is 0 Å². The molecule has 1 aromatic heterocycles. The van der Waals surface area contributed by atoms with Gasteiger partial charge in [0.1, 0.15) is 6.61 Å². The summed E-state index contributed by atoms with van der Waals surface area (Å²) in [4.78, 5) is 11.8. The molecule has 0 amide bonds. The van der Waals surface area contributed by atoms with Gasteiger partial charge in [0.05, 0.1) is 44.7 Å². The van der Waals surface area contributed by atoms with E-state index in [-0.39, 0.29) is 5.97 Å². The molecule has 6 heteroatoms. The van der Waals surface area contributed by atoms with Gasteiger partial charge in [0.15, 0.2) is 0 Å². The Morgan fingerprint density at radius 3 is 2.72 bits per heavy atom.